The molecule has 0 aliphatic carbocycles. The van der Waals surface area contributed by atoms with Gasteiger partial charge in [0.15, 0.2) is 23.0 Å². The standard InChI is InChI=1S/C32H39F3N6O3/c1-19(2)36-22-10-8-9-20(13-22)26-16-41(38-37-26)32(17-39(18-32)29(43)44-30(3,4)5)28(42)40-12-11-23(31(40,6)7)21-14-24(33)27(35)25(34)15-21/h8-10,13-16,19,23,36H,11-12,17-18H2,1-7H3. The van der Waals surface area contributed by atoms with Gasteiger partial charge in [0, 0.05) is 35.3 Å². The molecule has 3 heterocycles. The van der Waals surface area contributed by atoms with E-state index in [9.17, 15) is 22.8 Å². The van der Waals surface area contributed by atoms with Gasteiger partial charge in [-0.3, -0.25) is 4.79 Å². The zero-order chi connectivity index (χ0) is 32.2. The van der Waals surface area contributed by atoms with Crippen LogP contribution < -0.4 is 5.32 Å². The summed E-state index contributed by atoms with van der Waals surface area (Å²) in [5, 5.41) is 12.1. The maximum atomic E-state index is 14.5. The molecule has 2 saturated heterocycles. The van der Waals surface area contributed by atoms with Crippen molar-refractivity contribution in [2.45, 2.75) is 83.5 Å². The van der Waals surface area contributed by atoms with Crippen molar-refractivity contribution < 1.29 is 27.5 Å². The predicted molar refractivity (Wildman–Crippen MR) is 159 cm³/mol. The van der Waals surface area contributed by atoms with Crippen molar-refractivity contribution in [3.8, 4) is 11.3 Å². The topological polar surface area (TPSA) is 92.6 Å². The van der Waals surface area contributed by atoms with Gasteiger partial charge in [-0.25, -0.2) is 22.6 Å². The second-order valence-corrected chi connectivity index (χ2v) is 13.5. The summed E-state index contributed by atoms with van der Waals surface area (Å²) in [6.07, 6.45) is 1.56. The minimum atomic E-state index is -1.53. The Balaban J connectivity index is 1.48. The van der Waals surface area contributed by atoms with Gasteiger partial charge in [0.2, 0.25) is 0 Å². The van der Waals surface area contributed by atoms with Gasteiger partial charge in [0.25, 0.3) is 5.91 Å². The van der Waals surface area contributed by atoms with Crippen LogP contribution in [0.1, 0.15) is 66.4 Å². The first-order valence-electron chi connectivity index (χ1n) is 14.8. The summed E-state index contributed by atoms with van der Waals surface area (Å²) >= 11 is 0. The third-order valence-electron chi connectivity index (χ3n) is 8.34. The van der Waals surface area contributed by atoms with Crippen LogP contribution in [0.4, 0.5) is 23.7 Å². The van der Waals surface area contributed by atoms with E-state index in [0.29, 0.717) is 12.1 Å². The zero-order valence-electron chi connectivity index (χ0n) is 26.1. The fourth-order valence-electron chi connectivity index (χ4n) is 6.18. The number of amides is 2. The van der Waals surface area contributed by atoms with Crippen molar-refractivity contribution in [1.29, 1.82) is 0 Å². The Morgan fingerprint density at radius 3 is 2.34 bits per heavy atom. The summed E-state index contributed by atoms with van der Waals surface area (Å²) in [6, 6.07) is 9.92. The Morgan fingerprint density at radius 1 is 1.07 bits per heavy atom. The van der Waals surface area contributed by atoms with Crippen LogP contribution >= 0.6 is 0 Å². The van der Waals surface area contributed by atoms with E-state index in [-0.39, 0.29) is 37.1 Å². The molecule has 1 unspecified atom stereocenters. The van der Waals surface area contributed by atoms with E-state index in [0.717, 1.165) is 23.4 Å². The third-order valence-corrected chi connectivity index (χ3v) is 8.34. The fourth-order valence-corrected chi connectivity index (χ4v) is 6.18. The molecule has 2 fully saturated rings. The highest BCUT2D eigenvalue weighted by Gasteiger charge is 2.59. The first kappa shape index (κ1) is 31.3. The molecule has 2 aromatic carbocycles. The average Bonchev–Trinajstić information content (AvgIpc) is 3.49. The van der Waals surface area contributed by atoms with Crippen LogP contribution in [-0.2, 0) is 15.1 Å². The number of carbonyl (C=O) groups is 2. The highest BCUT2D eigenvalue weighted by Crippen LogP contribution is 2.45. The van der Waals surface area contributed by atoms with Crippen molar-refractivity contribution in [2.24, 2.45) is 0 Å². The van der Waals surface area contributed by atoms with E-state index >= 15 is 0 Å². The number of nitrogens with zero attached hydrogens (tertiary/aromatic N) is 5. The molecule has 1 N–H and O–H groups in total. The highest BCUT2D eigenvalue weighted by molar-refractivity contribution is 5.89. The minimum absolute atomic E-state index is 0.00442. The second-order valence-electron chi connectivity index (χ2n) is 13.5. The number of ether oxygens (including phenoxy) is 1. The number of benzene rings is 2. The maximum Gasteiger partial charge on any atom is 0.410 e. The molecular formula is C32H39F3N6O3. The van der Waals surface area contributed by atoms with E-state index in [4.69, 9.17) is 4.74 Å². The Hall–Kier alpha value is -4.09. The zero-order valence-corrected chi connectivity index (χ0v) is 26.1. The van der Waals surface area contributed by atoms with Crippen molar-refractivity contribution >= 4 is 17.7 Å². The van der Waals surface area contributed by atoms with Crippen molar-refractivity contribution in [3.63, 3.8) is 0 Å². The number of aromatic nitrogens is 3. The summed E-state index contributed by atoms with van der Waals surface area (Å²) in [7, 11) is 0. The van der Waals surface area contributed by atoms with E-state index < -0.39 is 46.1 Å². The van der Waals surface area contributed by atoms with Gasteiger partial charge in [-0.2, -0.15) is 0 Å². The normalized spacial score (nSPS) is 19.2. The van der Waals surface area contributed by atoms with Gasteiger partial charge in [-0.1, -0.05) is 17.3 Å². The van der Waals surface area contributed by atoms with Crippen LogP contribution in [0.3, 0.4) is 0 Å². The minimum Gasteiger partial charge on any atom is -0.444 e. The lowest BCUT2D eigenvalue weighted by Gasteiger charge is -2.51. The summed E-state index contributed by atoms with van der Waals surface area (Å²) < 4.78 is 49.1. The van der Waals surface area contributed by atoms with Gasteiger partial charge in [0.05, 0.1) is 19.3 Å². The number of hydrogen-bond acceptors (Lipinski definition) is 6. The number of anilines is 1. The summed E-state index contributed by atoms with van der Waals surface area (Å²) in [5.74, 6) is -4.84. The van der Waals surface area contributed by atoms with Crippen LogP contribution in [0, 0.1) is 17.5 Å². The molecule has 2 aliphatic heterocycles. The lowest BCUT2D eigenvalue weighted by atomic mass is 9.81. The largest absolute Gasteiger partial charge is 0.444 e. The molecule has 12 heteroatoms. The average molecular weight is 613 g/mol. The monoisotopic (exact) mass is 612 g/mol. The number of halogens is 3. The molecule has 1 atom stereocenters. The molecule has 5 rings (SSSR count). The molecule has 9 nitrogen and oxygen atoms in total. The lowest BCUT2D eigenvalue weighted by molar-refractivity contribution is -0.154. The van der Waals surface area contributed by atoms with Gasteiger partial charge < -0.3 is 19.9 Å². The second kappa shape index (κ2) is 11.1. The SMILES string of the molecule is CC(C)Nc1cccc(-c2cn(C3(C(=O)N4CCC(c5cc(F)c(F)c(F)c5)C4(C)C)CN(C(=O)OC(C)(C)C)C3)nn2)c1. The van der Waals surface area contributed by atoms with Crippen LogP contribution in [0.25, 0.3) is 11.3 Å². The summed E-state index contributed by atoms with van der Waals surface area (Å²) in [6.45, 7) is 13.3. The van der Waals surface area contributed by atoms with E-state index in [1.54, 1.807) is 31.9 Å². The van der Waals surface area contributed by atoms with Gasteiger partial charge in [-0.15, -0.1) is 5.10 Å². The molecule has 2 aliphatic rings. The Bertz CT molecular complexity index is 1550. The van der Waals surface area contributed by atoms with Crippen LogP contribution in [0.2, 0.25) is 0 Å². The number of carbonyl (C=O) groups excluding carboxylic acids is 2. The van der Waals surface area contributed by atoms with E-state index in [2.05, 4.69) is 15.6 Å². The molecule has 236 valence electrons. The molecule has 0 saturated carbocycles. The molecule has 1 aromatic heterocycles. The molecule has 0 bridgehead atoms. The molecule has 0 spiro atoms. The quantitative estimate of drug-likeness (QED) is 0.348. The van der Waals surface area contributed by atoms with E-state index in [1.165, 1.54) is 9.58 Å². The lowest BCUT2D eigenvalue weighted by Crippen LogP contribution is -2.72. The number of hydrogen-bond donors (Lipinski definition) is 1. The van der Waals surface area contributed by atoms with Crippen LogP contribution in [-0.4, -0.2) is 73.6 Å². The van der Waals surface area contributed by atoms with Crippen LogP contribution in [0.5, 0.6) is 0 Å². The number of rotatable bonds is 6. The van der Waals surface area contributed by atoms with Gasteiger partial charge in [-0.05, 0) is 84.7 Å². The van der Waals surface area contributed by atoms with Crippen molar-refractivity contribution in [3.05, 3.63) is 65.6 Å². The molecule has 3 aromatic rings. The molecule has 0 radical (unpaired) electrons. The number of nitrogens with one attached hydrogen (secondary N) is 1. The maximum absolute atomic E-state index is 14.5. The third kappa shape index (κ3) is 5.73. The Kier molecular flexibility index (Phi) is 7.92. The number of likely N-dealkylation sites (tertiary alicyclic amines) is 2. The Morgan fingerprint density at radius 2 is 1.73 bits per heavy atom. The van der Waals surface area contributed by atoms with Crippen molar-refractivity contribution in [2.75, 3.05) is 25.0 Å². The first-order chi connectivity index (χ1) is 20.5. The predicted octanol–water partition coefficient (Wildman–Crippen LogP) is 5.92. The molecule has 2 amide bonds. The highest BCUT2D eigenvalue weighted by atomic mass is 19.2. The first-order valence-corrected chi connectivity index (χ1v) is 14.8. The fraction of sp³-hybridized carbons (Fsp3) is 0.500. The summed E-state index contributed by atoms with van der Waals surface area (Å²) in [5.41, 5.74) is -0.368. The summed E-state index contributed by atoms with van der Waals surface area (Å²) in [4.78, 5) is 30.6. The molecular weight excluding hydrogens is 573 g/mol. The van der Waals surface area contributed by atoms with Gasteiger partial charge in [0.1, 0.15) is 11.3 Å². The smallest absolute Gasteiger partial charge is 0.410 e. The van der Waals surface area contributed by atoms with E-state index in [1.807, 2.05) is 52.0 Å². The van der Waals surface area contributed by atoms with Gasteiger partial charge >= 0.3 is 6.09 Å². The van der Waals surface area contributed by atoms with Crippen LogP contribution in [0.15, 0.2) is 42.6 Å². The Labute approximate surface area is 255 Å². The van der Waals surface area contributed by atoms with Crippen molar-refractivity contribution in [1.82, 2.24) is 24.8 Å². The molecule has 44 heavy (non-hydrogen) atoms.